The van der Waals surface area contributed by atoms with E-state index in [1.165, 1.54) is 27.8 Å². The first kappa shape index (κ1) is 24.3. The van der Waals surface area contributed by atoms with E-state index in [2.05, 4.69) is 78.9 Å². The number of aromatic hydroxyl groups is 1. The van der Waals surface area contributed by atoms with Gasteiger partial charge in [0.15, 0.2) is 0 Å². The first-order valence-electron chi connectivity index (χ1n) is 11.7. The number of hydrogen-bond acceptors (Lipinski definition) is 2. The zero-order chi connectivity index (χ0) is 23.3. The van der Waals surface area contributed by atoms with Crippen molar-refractivity contribution in [3.05, 3.63) is 137 Å². The third-order valence-electron chi connectivity index (χ3n) is 5.60. The zero-order valence-electron chi connectivity index (χ0n) is 19.7. The average Bonchev–Trinajstić information content (AvgIpc) is 2.86. The van der Waals surface area contributed by atoms with Crippen molar-refractivity contribution in [3.63, 3.8) is 0 Å². The molecule has 0 saturated carbocycles. The predicted octanol–water partition coefficient (Wildman–Crippen LogP) is 7.21. The minimum absolute atomic E-state index is 0.381. The van der Waals surface area contributed by atoms with Gasteiger partial charge in [0.2, 0.25) is 0 Å². The summed E-state index contributed by atoms with van der Waals surface area (Å²) in [4.78, 5) is 0. The highest BCUT2D eigenvalue weighted by Gasteiger charge is 2.15. The molecule has 2 heteroatoms. The van der Waals surface area contributed by atoms with Gasteiger partial charge in [0.25, 0.3) is 0 Å². The lowest BCUT2D eigenvalue weighted by atomic mass is 9.88. The number of ether oxygens (including phenoxy) is 1. The number of phenolic OH excluding ortho intramolecular Hbond substituents is 1. The van der Waals surface area contributed by atoms with E-state index >= 15 is 0 Å². The molecule has 0 aliphatic carbocycles. The largest absolute Gasteiger partial charge is 0.508 e. The van der Waals surface area contributed by atoms with Crippen molar-refractivity contribution in [2.45, 2.75) is 33.1 Å². The number of hydrogen-bond donors (Lipinski definition) is 1. The van der Waals surface area contributed by atoms with Crippen molar-refractivity contribution in [1.82, 2.24) is 0 Å². The van der Waals surface area contributed by atoms with Crippen LogP contribution in [0.4, 0.5) is 0 Å². The zero-order valence-corrected chi connectivity index (χ0v) is 19.7. The van der Waals surface area contributed by atoms with Gasteiger partial charge in [-0.25, -0.2) is 0 Å². The van der Waals surface area contributed by atoms with Crippen molar-refractivity contribution < 1.29 is 9.84 Å². The quantitative estimate of drug-likeness (QED) is 0.315. The first-order chi connectivity index (χ1) is 16.2. The fourth-order valence-corrected chi connectivity index (χ4v) is 3.93. The second-order valence-corrected chi connectivity index (χ2v) is 7.97. The molecule has 0 saturated heterocycles. The highest BCUT2D eigenvalue weighted by molar-refractivity contribution is 5.50. The smallest absolute Gasteiger partial charge is 0.119 e. The van der Waals surface area contributed by atoms with E-state index in [0.717, 1.165) is 38.0 Å². The van der Waals surface area contributed by atoms with Crippen LogP contribution >= 0.6 is 0 Å². The Bertz CT molecular complexity index is 1070. The molecule has 4 rings (SSSR count). The maximum Gasteiger partial charge on any atom is 0.119 e. The second kappa shape index (κ2) is 13.2. The van der Waals surface area contributed by atoms with E-state index in [1.54, 1.807) is 0 Å². The maximum atomic E-state index is 10.7. The van der Waals surface area contributed by atoms with Crippen LogP contribution in [0.2, 0.25) is 0 Å². The van der Waals surface area contributed by atoms with Gasteiger partial charge in [0.05, 0.1) is 0 Å². The Balaban J connectivity index is 0.000000555. The van der Waals surface area contributed by atoms with Crippen LogP contribution in [-0.2, 0) is 24.0 Å². The van der Waals surface area contributed by atoms with Gasteiger partial charge in [0, 0.05) is 25.2 Å². The molecular formula is C31H34O2. The summed E-state index contributed by atoms with van der Waals surface area (Å²) in [5, 5.41) is 10.7. The van der Waals surface area contributed by atoms with Gasteiger partial charge in [-0.3, -0.25) is 0 Å². The van der Waals surface area contributed by atoms with Gasteiger partial charge in [-0.2, -0.15) is 0 Å². The van der Waals surface area contributed by atoms with Crippen LogP contribution in [-0.4, -0.2) is 18.3 Å². The summed E-state index contributed by atoms with van der Waals surface area (Å²) in [5.41, 5.74) is 7.30. The fraction of sp³-hybridized carbons (Fsp3) is 0.226. The monoisotopic (exact) mass is 438 g/mol. The van der Waals surface area contributed by atoms with Crippen LogP contribution < -0.4 is 0 Å². The molecule has 2 nitrogen and oxygen atoms in total. The third kappa shape index (κ3) is 7.62. The minimum atomic E-state index is 0.381. The van der Waals surface area contributed by atoms with Crippen LogP contribution in [0.25, 0.3) is 0 Å². The Hall–Kier alpha value is -3.36. The molecular weight excluding hydrogens is 404 g/mol. The lowest BCUT2D eigenvalue weighted by Crippen LogP contribution is -2.04. The van der Waals surface area contributed by atoms with Gasteiger partial charge in [-0.1, -0.05) is 97.1 Å². The molecule has 0 aliphatic rings. The first-order valence-corrected chi connectivity index (χ1v) is 11.7. The van der Waals surface area contributed by atoms with Crippen LogP contribution in [0.5, 0.6) is 5.75 Å². The van der Waals surface area contributed by atoms with Gasteiger partial charge in [-0.15, -0.1) is 0 Å². The van der Waals surface area contributed by atoms with E-state index in [0.29, 0.717) is 5.75 Å². The highest BCUT2D eigenvalue weighted by Crippen LogP contribution is 2.30. The SMILES string of the molecule is CCOCC.Oc1ccc(Cc2ccccc2)c(Cc2ccccc2)c1Cc1ccccc1. The van der Waals surface area contributed by atoms with E-state index in [4.69, 9.17) is 4.74 Å². The van der Waals surface area contributed by atoms with Gasteiger partial charge in [0.1, 0.15) is 5.75 Å². The topological polar surface area (TPSA) is 29.5 Å². The molecule has 0 bridgehead atoms. The van der Waals surface area contributed by atoms with E-state index in [1.807, 2.05) is 38.1 Å². The summed E-state index contributed by atoms with van der Waals surface area (Å²) < 4.78 is 4.83. The molecule has 0 amide bonds. The molecule has 4 aromatic rings. The average molecular weight is 439 g/mol. The van der Waals surface area contributed by atoms with E-state index in [9.17, 15) is 5.11 Å². The Morgan fingerprint density at radius 1 is 0.515 bits per heavy atom. The number of phenols is 1. The number of rotatable bonds is 8. The highest BCUT2D eigenvalue weighted by atomic mass is 16.5. The Morgan fingerprint density at radius 2 is 0.939 bits per heavy atom. The molecule has 0 radical (unpaired) electrons. The van der Waals surface area contributed by atoms with Gasteiger partial charge in [-0.05, 0) is 60.6 Å². The molecule has 1 N–H and O–H groups in total. The molecule has 0 spiro atoms. The van der Waals surface area contributed by atoms with E-state index in [-0.39, 0.29) is 0 Å². The van der Waals surface area contributed by atoms with Crippen molar-refractivity contribution in [2.24, 2.45) is 0 Å². The lowest BCUT2D eigenvalue weighted by Gasteiger charge is -2.17. The van der Waals surface area contributed by atoms with Crippen molar-refractivity contribution >= 4 is 0 Å². The fourth-order valence-electron chi connectivity index (χ4n) is 3.93. The number of benzene rings is 4. The summed E-state index contributed by atoms with van der Waals surface area (Å²) in [6.45, 7) is 5.67. The Kier molecular flexibility index (Phi) is 9.75. The Morgan fingerprint density at radius 3 is 1.36 bits per heavy atom. The van der Waals surface area contributed by atoms with Crippen LogP contribution in [0.3, 0.4) is 0 Å². The molecule has 0 unspecified atom stereocenters. The molecule has 0 aromatic heterocycles. The van der Waals surface area contributed by atoms with Crippen LogP contribution in [0.15, 0.2) is 103 Å². The van der Waals surface area contributed by atoms with Gasteiger partial charge < -0.3 is 9.84 Å². The van der Waals surface area contributed by atoms with Crippen molar-refractivity contribution in [2.75, 3.05) is 13.2 Å². The normalized spacial score (nSPS) is 10.4. The predicted molar refractivity (Wildman–Crippen MR) is 138 cm³/mol. The molecule has 0 heterocycles. The summed E-state index contributed by atoms with van der Waals surface area (Å²) in [7, 11) is 0. The third-order valence-corrected chi connectivity index (χ3v) is 5.60. The van der Waals surface area contributed by atoms with Crippen LogP contribution in [0, 0.1) is 0 Å². The summed E-state index contributed by atoms with van der Waals surface area (Å²) in [6.07, 6.45) is 2.42. The molecule has 0 fully saturated rings. The second-order valence-electron chi connectivity index (χ2n) is 7.97. The van der Waals surface area contributed by atoms with E-state index < -0.39 is 0 Å². The van der Waals surface area contributed by atoms with Gasteiger partial charge >= 0.3 is 0 Å². The molecule has 0 aliphatic heterocycles. The molecule has 33 heavy (non-hydrogen) atoms. The van der Waals surface area contributed by atoms with Crippen LogP contribution in [0.1, 0.15) is 47.2 Å². The summed E-state index contributed by atoms with van der Waals surface area (Å²) in [6, 6.07) is 35.3. The standard InChI is InChI=1S/C27H24O.C4H10O/c28-27-17-16-24(18-21-10-4-1-5-11-21)25(19-22-12-6-2-7-13-22)26(27)20-23-14-8-3-9-15-23;1-3-5-4-2/h1-17,28H,18-20H2;3-4H2,1-2H3. The maximum absolute atomic E-state index is 10.7. The summed E-state index contributed by atoms with van der Waals surface area (Å²) >= 11 is 0. The molecule has 4 aromatic carbocycles. The minimum Gasteiger partial charge on any atom is -0.508 e. The molecule has 170 valence electrons. The lowest BCUT2D eigenvalue weighted by molar-refractivity contribution is 0.162. The molecule has 0 atom stereocenters. The van der Waals surface area contributed by atoms with Crippen molar-refractivity contribution in [1.29, 1.82) is 0 Å². The van der Waals surface area contributed by atoms with Crippen molar-refractivity contribution in [3.8, 4) is 5.75 Å². The summed E-state index contributed by atoms with van der Waals surface area (Å²) in [5.74, 6) is 0.381. The Labute approximate surface area is 198 Å².